The summed E-state index contributed by atoms with van der Waals surface area (Å²) in [5.41, 5.74) is 4.71. The number of carbonyl (C=O) groups excluding carboxylic acids is 2. The van der Waals surface area contributed by atoms with Crippen LogP contribution in [-0.2, 0) is 22.5 Å². The number of nitrogens with one attached hydrogen (secondary N) is 2. The number of thiophene rings is 1. The molecule has 0 aromatic carbocycles. The normalized spacial score (nSPS) is 15.4. The molecule has 1 aliphatic heterocycles. The van der Waals surface area contributed by atoms with Crippen molar-refractivity contribution in [2.75, 3.05) is 11.1 Å². The van der Waals surface area contributed by atoms with Crippen LogP contribution in [0, 0.1) is 0 Å². The highest BCUT2D eigenvalue weighted by atomic mass is 32.1. The molecule has 168 valence electrons. The van der Waals surface area contributed by atoms with Crippen LogP contribution in [-0.4, -0.2) is 32.1 Å². The van der Waals surface area contributed by atoms with E-state index in [1.165, 1.54) is 22.1 Å². The van der Waals surface area contributed by atoms with Gasteiger partial charge in [-0.15, -0.1) is 11.3 Å². The molecule has 1 atom stereocenters. The number of carbonyl (C=O) groups is 2. The maximum atomic E-state index is 12.7. The molecule has 1 aliphatic rings. The minimum Gasteiger partial charge on any atom is -0.444 e. The summed E-state index contributed by atoms with van der Waals surface area (Å²) in [5, 5.41) is 6.41. The second-order valence-corrected chi connectivity index (χ2v) is 9.69. The van der Waals surface area contributed by atoms with Gasteiger partial charge in [0.05, 0.1) is 12.7 Å². The summed E-state index contributed by atoms with van der Waals surface area (Å²) in [5.74, 6) is 0.708. The number of rotatable bonds is 4. The van der Waals surface area contributed by atoms with Crippen LogP contribution in [0.2, 0.25) is 0 Å². The molecule has 0 saturated carbocycles. The van der Waals surface area contributed by atoms with Gasteiger partial charge in [0.25, 0.3) is 5.56 Å². The Labute approximate surface area is 187 Å². The van der Waals surface area contributed by atoms with Crippen LogP contribution < -0.4 is 21.9 Å². The number of ether oxygens (including phenoxy) is 1. The van der Waals surface area contributed by atoms with E-state index in [0.29, 0.717) is 31.0 Å². The number of aromatic nitrogens is 3. The Bertz CT molecular complexity index is 1260. The van der Waals surface area contributed by atoms with Crippen LogP contribution in [0.4, 0.5) is 16.3 Å². The van der Waals surface area contributed by atoms with Crippen molar-refractivity contribution in [3.05, 3.63) is 45.6 Å². The van der Waals surface area contributed by atoms with E-state index in [4.69, 9.17) is 10.5 Å². The molecular weight excluding hydrogens is 432 g/mol. The molecule has 4 rings (SSSR count). The first kappa shape index (κ1) is 21.8. The first-order chi connectivity index (χ1) is 15.1. The molecule has 3 aromatic heterocycles. The van der Waals surface area contributed by atoms with Crippen molar-refractivity contribution < 1.29 is 14.3 Å². The molecule has 0 unspecified atom stereocenters. The lowest BCUT2D eigenvalue weighted by Gasteiger charge is -2.19. The SMILES string of the molecule is CC(C)(C)OC(=O)Nc1cc2sc(CNC(=O)[C@@H]3CCc4ncc(N)c(=O)n43)cc2cn1. The fraction of sp³-hybridized carbons (Fsp3) is 0.381. The van der Waals surface area contributed by atoms with Crippen LogP contribution in [0.5, 0.6) is 0 Å². The molecule has 4 N–H and O–H groups in total. The van der Waals surface area contributed by atoms with Crippen molar-refractivity contribution in [2.24, 2.45) is 0 Å². The maximum Gasteiger partial charge on any atom is 0.413 e. The average Bonchev–Trinajstić information content (AvgIpc) is 3.31. The summed E-state index contributed by atoms with van der Waals surface area (Å²) in [6.45, 7) is 5.67. The highest BCUT2D eigenvalue weighted by molar-refractivity contribution is 7.19. The maximum absolute atomic E-state index is 12.7. The molecule has 2 amide bonds. The van der Waals surface area contributed by atoms with Crippen LogP contribution >= 0.6 is 11.3 Å². The van der Waals surface area contributed by atoms with E-state index in [1.54, 1.807) is 33.0 Å². The Balaban J connectivity index is 1.42. The van der Waals surface area contributed by atoms with E-state index in [2.05, 4.69) is 20.6 Å². The highest BCUT2D eigenvalue weighted by Gasteiger charge is 2.30. The van der Waals surface area contributed by atoms with Gasteiger partial charge >= 0.3 is 6.09 Å². The van der Waals surface area contributed by atoms with Crippen LogP contribution in [0.3, 0.4) is 0 Å². The topological polar surface area (TPSA) is 141 Å². The van der Waals surface area contributed by atoms with E-state index in [-0.39, 0.29) is 17.2 Å². The first-order valence-corrected chi connectivity index (χ1v) is 10.9. The number of nitrogen functional groups attached to an aromatic ring is 1. The number of nitrogens with zero attached hydrogens (tertiary/aromatic N) is 3. The number of nitrogens with two attached hydrogens (primary N) is 1. The lowest BCUT2D eigenvalue weighted by molar-refractivity contribution is -0.124. The van der Waals surface area contributed by atoms with Gasteiger partial charge in [-0.05, 0) is 39.3 Å². The number of anilines is 2. The summed E-state index contributed by atoms with van der Waals surface area (Å²) in [4.78, 5) is 46.3. The monoisotopic (exact) mass is 456 g/mol. The number of amides is 2. The summed E-state index contributed by atoms with van der Waals surface area (Å²) >= 11 is 1.48. The molecule has 0 aliphatic carbocycles. The van der Waals surface area contributed by atoms with E-state index in [1.807, 2.05) is 6.07 Å². The third-order valence-electron chi connectivity index (χ3n) is 4.87. The lowest BCUT2D eigenvalue weighted by atomic mass is 10.2. The largest absolute Gasteiger partial charge is 0.444 e. The molecule has 3 aromatic rings. The molecule has 32 heavy (non-hydrogen) atoms. The van der Waals surface area contributed by atoms with Gasteiger partial charge in [0.2, 0.25) is 5.91 Å². The smallest absolute Gasteiger partial charge is 0.413 e. The van der Waals surface area contributed by atoms with Crippen molar-refractivity contribution >= 4 is 44.9 Å². The average molecular weight is 457 g/mol. The molecule has 0 fully saturated rings. The molecule has 0 spiro atoms. The predicted octanol–water partition coefficient (Wildman–Crippen LogP) is 2.59. The van der Waals surface area contributed by atoms with Crippen molar-refractivity contribution in [1.82, 2.24) is 19.9 Å². The van der Waals surface area contributed by atoms with Crippen LogP contribution in [0.15, 0.2) is 29.3 Å². The lowest BCUT2D eigenvalue weighted by Crippen LogP contribution is -2.36. The van der Waals surface area contributed by atoms with Crippen molar-refractivity contribution in [2.45, 2.75) is 51.8 Å². The molecular formula is C21H24N6O4S. The van der Waals surface area contributed by atoms with Gasteiger partial charge in [0.1, 0.15) is 29.0 Å². The first-order valence-electron chi connectivity index (χ1n) is 10.1. The van der Waals surface area contributed by atoms with Crippen molar-refractivity contribution in [1.29, 1.82) is 0 Å². The number of pyridine rings is 1. The van der Waals surface area contributed by atoms with Crippen LogP contribution in [0.1, 0.15) is 43.9 Å². The predicted molar refractivity (Wildman–Crippen MR) is 122 cm³/mol. The number of hydrogen-bond acceptors (Lipinski definition) is 8. The zero-order valence-electron chi connectivity index (χ0n) is 18.0. The minimum absolute atomic E-state index is 0.0289. The van der Waals surface area contributed by atoms with Gasteiger partial charge in [0.15, 0.2) is 0 Å². The minimum atomic E-state index is -0.617. The van der Waals surface area contributed by atoms with Gasteiger partial charge in [0, 0.05) is 27.6 Å². The summed E-state index contributed by atoms with van der Waals surface area (Å²) in [6, 6.07) is 3.07. The molecule has 11 heteroatoms. The molecule has 0 bridgehead atoms. The molecule has 0 saturated heterocycles. The van der Waals surface area contributed by atoms with Gasteiger partial charge in [-0.3, -0.25) is 19.5 Å². The van der Waals surface area contributed by atoms with E-state index >= 15 is 0 Å². The summed E-state index contributed by atoms with van der Waals surface area (Å²) in [7, 11) is 0. The Morgan fingerprint density at radius 2 is 2.06 bits per heavy atom. The number of aryl methyl sites for hydroxylation is 1. The fourth-order valence-electron chi connectivity index (χ4n) is 3.51. The molecule has 0 radical (unpaired) electrons. The third-order valence-corrected chi connectivity index (χ3v) is 5.97. The third kappa shape index (κ3) is 4.57. The van der Waals surface area contributed by atoms with Crippen molar-refractivity contribution in [3.63, 3.8) is 0 Å². The molecule has 4 heterocycles. The van der Waals surface area contributed by atoms with Gasteiger partial charge in [-0.1, -0.05) is 0 Å². The number of hydrogen-bond donors (Lipinski definition) is 3. The highest BCUT2D eigenvalue weighted by Crippen LogP contribution is 2.28. The van der Waals surface area contributed by atoms with Gasteiger partial charge < -0.3 is 15.8 Å². The van der Waals surface area contributed by atoms with E-state index in [0.717, 1.165) is 15.0 Å². The zero-order chi connectivity index (χ0) is 23.0. The van der Waals surface area contributed by atoms with E-state index in [9.17, 15) is 14.4 Å². The Morgan fingerprint density at radius 1 is 1.28 bits per heavy atom. The Kier molecular flexibility index (Phi) is 5.59. The standard InChI is InChI=1S/C21H24N6O4S/c1-21(2,3)31-20(30)26-16-7-15-11(8-23-16)6-12(32-15)9-25-18(28)14-4-5-17-24-10-13(22)19(29)27(14)17/h6-8,10,14H,4-5,9,22H2,1-3H3,(H,25,28)(H,23,26,30)/t14-/m0/s1. The zero-order valence-corrected chi connectivity index (χ0v) is 18.8. The van der Waals surface area contributed by atoms with Gasteiger partial charge in [-0.2, -0.15) is 0 Å². The number of fused-ring (bicyclic) bond motifs is 2. The van der Waals surface area contributed by atoms with Crippen molar-refractivity contribution in [3.8, 4) is 0 Å². The second-order valence-electron chi connectivity index (χ2n) is 8.52. The summed E-state index contributed by atoms with van der Waals surface area (Å²) in [6.07, 6.45) is 3.48. The Hall–Kier alpha value is -3.47. The quantitative estimate of drug-likeness (QED) is 0.548. The van der Waals surface area contributed by atoms with E-state index < -0.39 is 17.7 Å². The summed E-state index contributed by atoms with van der Waals surface area (Å²) < 4.78 is 7.54. The Morgan fingerprint density at radius 3 is 2.81 bits per heavy atom. The molecule has 10 nitrogen and oxygen atoms in total. The van der Waals surface area contributed by atoms with Gasteiger partial charge in [-0.25, -0.2) is 14.8 Å². The second kappa shape index (κ2) is 8.23. The van der Waals surface area contributed by atoms with Crippen LogP contribution in [0.25, 0.3) is 10.1 Å². The fourth-order valence-corrected chi connectivity index (χ4v) is 4.52.